The van der Waals surface area contributed by atoms with Crippen LogP contribution in [0.3, 0.4) is 0 Å². The maximum Gasteiger partial charge on any atom is 0.144 e. The number of nitrogens with two attached hydrogens (primary N) is 1. The number of nitrogen functional groups attached to an aromatic ring is 1. The lowest BCUT2D eigenvalue weighted by molar-refractivity contribution is 0.244. The zero-order chi connectivity index (χ0) is 14.7. The molecular formula is C15H16Br2N2O. The van der Waals surface area contributed by atoms with E-state index in [1.165, 1.54) is 0 Å². The van der Waals surface area contributed by atoms with Crippen LogP contribution >= 0.6 is 31.9 Å². The lowest BCUT2D eigenvalue weighted by Gasteiger charge is -2.15. The molecule has 5 heteroatoms. The molecule has 0 aromatic heterocycles. The van der Waals surface area contributed by atoms with Crippen LogP contribution in [0.2, 0.25) is 0 Å². The van der Waals surface area contributed by atoms with Crippen molar-refractivity contribution in [3.05, 3.63) is 45.3 Å². The molecule has 3 N–H and O–H groups in total. The number of benzene rings is 2. The van der Waals surface area contributed by atoms with Gasteiger partial charge in [0.15, 0.2) is 0 Å². The third-order valence-electron chi connectivity index (χ3n) is 2.61. The highest BCUT2D eigenvalue weighted by Gasteiger charge is 2.08. The summed E-state index contributed by atoms with van der Waals surface area (Å²) in [5, 5.41) is 3.35. The monoisotopic (exact) mass is 398 g/mol. The van der Waals surface area contributed by atoms with Gasteiger partial charge in [-0.05, 0) is 70.0 Å². The zero-order valence-corrected chi connectivity index (χ0v) is 14.5. The van der Waals surface area contributed by atoms with E-state index in [-0.39, 0.29) is 6.10 Å². The number of hydrogen-bond acceptors (Lipinski definition) is 3. The highest BCUT2D eigenvalue weighted by Crippen LogP contribution is 2.35. The summed E-state index contributed by atoms with van der Waals surface area (Å²) in [6.07, 6.45) is 0.0859. The van der Waals surface area contributed by atoms with E-state index in [1.807, 2.05) is 50.2 Å². The summed E-state index contributed by atoms with van der Waals surface area (Å²) < 4.78 is 7.66. The first-order valence-corrected chi connectivity index (χ1v) is 7.83. The van der Waals surface area contributed by atoms with Gasteiger partial charge in [-0.3, -0.25) is 0 Å². The van der Waals surface area contributed by atoms with Crippen LogP contribution in [-0.2, 0) is 0 Å². The fourth-order valence-corrected chi connectivity index (χ4v) is 2.93. The second kappa shape index (κ2) is 6.50. The molecule has 0 radical (unpaired) electrons. The molecular weight excluding hydrogens is 384 g/mol. The summed E-state index contributed by atoms with van der Waals surface area (Å²) in [6.45, 7) is 3.95. The van der Waals surface area contributed by atoms with E-state index in [2.05, 4.69) is 37.2 Å². The van der Waals surface area contributed by atoms with E-state index in [0.29, 0.717) is 11.4 Å². The second-order valence-electron chi connectivity index (χ2n) is 4.64. The minimum absolute atomic E-state index is 0.0859. The van der Waals surface area contributed by atoms with Crippen LogP contribution in [0.1, 0.15) is 13.8 Å². The minimum Gasteiger partial charge on any atom is -0.489 e. The molecule has 2 aromatic rings. The lowest BCUT2D eigenvalue weighted by Crippen LogP contribution is -2.07. The Kier molecular flexibility index (Phi) is 4.94. The molecule has 0 heterocycles. The van der Waals surface area contributed by atoms with Crippen molar-refractivity contribution in [2.75, 3.05) is 11.1 Å². The van der Waals surface area contributed by atoms with Crippen molar-refractivity contribution in [1.29, 1.82) is 0 Å². The summed E-state index contributed by atoms with van der Waals surface area (Å²) >= 11 is 7.06. The molecule has 0 fully saturated rings. The summed E-state index contributed by atoms with van der Waals surface area (Å²) in [7, 11) is 0. The fourth-order valence-electron chi connectivity index (χ4n) is 1.73. The molecule has 0 aliphatic carbocycles. The van der Waals surface area contributed by atoms with E-state index in [1.54, 1.807) is 0 Å². The van der Waals surface area contributed by atoms with E-state index < -0.39 is 0 Å². The van der Waals surface area contributed by atoms with Gasteiger partial charge in [0.25, 0.3) is 0 Å². The van der Waals surface area contributed by atoms with Gasteiger partial charge in [-0.25, -0.2) is 0 Å². The number of hydrogen-bond donors (Lipinski definition) is 2. The van der Waals surface area contributed by atoms with Crippen LogP contribution in [0, 0.1) is 0 Å². The van der Waals surface area contributed by atoms with Crippen molar-refractivity contribution in [2.24, 2.45) is 0 Å². The highest BCUT2D eigenvalue weighted by molar-refractivity contribution is 9.11. The number of nitrogens with one attached hydrogen (secondary N) is 1. The molecule has 20 heavy (non-hydrogen) atoms. The molecule has 0 amide bonds. The predicted octanol–water partition coefficient (Wildman–Crippen LogP) is 5.32. The fraction of sp³-hybridized carbons (Fsp3) is 0.200. The van der Waals surface area contributed by atoms with Crippen molar-refractivity contribution in [3.8, 4) is 5.75 Å². The molecule has 106 valence electrons. The Morgan fingerprint density at radius 1 is 1.10 bits per heavy atom. The van der Waals surface area contributed by atoms with Crippen molar-refractivity contribution in [1.82, 2.24) is 0 Å². The molecule has 2 rings (SSSR count). The average molecular weight is 400 g/mol. The predicted molar refractivity (Wildman–Crippen MR) is 91.7 cm³/mol. The van der Waals surface area contributed by atoms with Crippen LogP contribution in [0.15, 0.2) is 45.3 Å². The van der Waals surface area contributed by atoms with Gasteiger partial charge >= 0.3 is 0 Å². The normalized spacial score (nSPS) is 10.7. The molecule has 0 saturated heterocycles. The Morgan fingerprint density at radius 2 is 1.75 bits per heavy atom. The van der Waals surface area contributed by atoms with Crippen LogP contribution in [0.4, 0.5) is 17.1 Å². The van der Waals surface area contributed by atoms with Crippen molar-refractivity contribution in [2.45, 2.75) is 20.0 Å². The molecule has 0 spiro atoms. The number of anilines is 3. The first-order valence-electron chi connectivity index (χ1n) is 6.24. The van der Waals surface area contributed by atoms with Gasteiger partial charge in [-0.1, -0.05) is 6.07 Å². The van der Waals surface area contributed by atoms with Crippen molar-refractivity contribution < 1.29 is 4.74 Å². The van der Waals surface area contributed by atoms with Gasteiger partial charge in [-0.2, -0.15) is 0 Å². The lowest BCUT2D eigenvalue weighted by atomic mass is 10.2. The molecule has 0 saturated carbocycles. The summed E-state index contributed by atoms with van der Waals surface area (Å²) in [5.74, 6) is 0.688. The zero-order valence-electron chi connectivity index (χ0n) is 11.3. The molecule has 2 aromatic carbocycles. The van der Waals surface area contributed by atoms with Crippen LogP contribution < -0.4 is 15.8 Å². The molecule has 0 aliphatic heterocycles. The van der Waals surface area contributed by atoms with E-state index >= 15 is 0 Å². The van der Waals surface area contributed by atoms with Gasteiger partial charge < -0.3 is 15.8 Å². The average Bonchev–Trinajstić information content (AvgIpc) is 2.37. The summed E-state index contributed by atoms with van der Waals surface area (Å²) in [6, 6.07) is 11.6. The topological polar surface area (TPSA) is 47.3 Å². The minimum atomic E-state index is 0.0859. The maximum absolute atomic E-state index is 5.92. The highest BCUT2D eigenvalue weighted by atomic mass is 79.9. The SMILES string of the molecule is CC(C)Oc1cc(Nc2c(Br)cccc2Br)ccc1N. The Balaban J connectivity index is 2.30. The van der Waals surface area contributed by atoms with Crippen LogP contribution in [-0.4, -0.2) is 6.10 Å². The third kappa shape index (κ3) is 3.67. The first kappa shape index (κ1) is 15.2. The van der Waals surface area contributed by atoms with Crippen molar-refractivity contribution >= 4 is 48.9 Å². The van der Waals surface area contributed by atoms with Gasteiger partial charge in [0.2, 0.25) is 0 Å². The summed E-state index contributed by atoms with van der Waals surface area (Å²) in [4.78, 5) is 0. The second-order valence-corrected chi connectivity index (χ2v) is 6.35. The molecule has 0 aliphatic rings. The smallest absolute Gasteiger partial charge is 0.144 e. The molecule has 0 bridgehead atoms. The molecule has 3 nitrogen and oxygen atoms in total. The third-order valence-corrected chi connectivity index (χ3v) is 3.93. The van der Waals surface area contributed by atoms with Crippen LogP contribution in [0.5, 0.6) is 5.75 Å². The number of halogens is 2. The Labute approximate surface area is 135 Å². The van der Waals surface area contributed by atoms with Crippen LogP contribution in [0.25, 0.3) is 0 Å². The largest absolute Gasteiger partial charge is 0.489 e. The number of ether oxygens (including phenoxy) is 1. The van der Waals surface area contributed by atoms with Gasteiger partial charge in [0.05, 0.1) is 17.5 Å². The first-order chi connectivity index (χ1) is 9.47. The van der Waals surface area contributed by atoms with E-state index in [4.69, 9.17) is 10.5 Å². The molecule has 0 unspecified atom stereocenters. The van der Waals surface area contributed by atoms with Crippen molar-refractivity contribution in [3.63, 3.8) is 0 Å². The van der Waals surface area contributed by atoms with Gasteiger partial charge in [-0.15, -0.1) is 0 Å². The van der Waals surface area contributed by atoms with Gasteiger partial charge in [0.1, 0.15) is 5.75 Å². The van der Waals surface area contributed by atoms with Gasteiger partial charge in [0, 0.05) is 20.7 Å². The molecule has 0 atom stereocenters. The quantitative estimate of drug-likeness (QED) is 0.683. The maximum atomic E-state index is 5.92. The standard InChI is InChI=1S/C15H16Br2N2O/c1-9(2)20-14-8-10(6-7-13(14)18)19-15-11(16)4-3-5-12(15)17/h3-9,19H,18H2,1-2H3. The summed E-state index contributed by atoms with van der Waals surface area (Å²) in [5.41, 5.74) is 8.44. The van der Waals surface area contributed by atoms with E-state index in [0.717, 1.165) is 20.3 Å². The van der Waals surface area contributed by atoms with E-state index in [9.17, 15) is 0 Å². The number of rotatable bonds is 4. The number of para-hydroxylation sites is 1. The Morgan fingerprint density at radius 3 is 2.35 bits per heavy atom. The Bertz CT molecular complexity index is 595. The Hall–Kier alpha value is -1.20.